The van der Waals surface area contributed by atoms with Crippen molar-refractivity contribution in [3.05, 3.63) is 35.4 Å². The van der Waals surface area contributed by atoms with E-state index in [0.29, 0.717) is 0 Å². The van der Waals surface area contributed by atoms with Gasteiger partial charge in [-0.25, -0.2) is 8.42 Å². The quantitative estimate of drug-likeness (QED) is 0.778. The standard InChI is InChI=1S/C15H19ClO2S/c1-2-3-12-4-6-13(7-5-12)15-8-14(9-15,10-15)11-19(16,17)18/h4-7H,2-3,8-11H2,1H3. The van der Waals surface area contributed by atoms with Gasteiger partial charge in [0, 0.05) is 10.7 Å². The van der Waals surface area contributed by atoms with Crippen LogP contribution in [0.3, 0.4) is 0 Å². The van der Waals surface area contributed by atoms with Crippen LogP contribution in [0.5, 0.6) is 0 Å². The minimum atomic E-state index is -3.36. The van der Waals surface area contributed by atoms with Crippen molar-refractivity contribution in [1.82, 2.24) is 0 Å². The zero-order valence-electron chi connectivity index (χ0n) is 11.2. The van der Waals surface area contributed by atoms with Crippen LogP contribution in [-0.4, -0.2) is 14.2 Å². The normalized spacial score (nSPS) is 32.5. The molecule has 3 fully saturated rings. The molecule has 104 valence electrons. The van der Waals surface area contributed by atoms with E-state index in [1.807, 2.05) is 0 Å². The fourth-order valence-corrected chi connectivity index (χ4v) is 5.87. The Morgan fingerprint density at radius 2 is 1.74 bits per heavy atom. The number of halogens is 1. The van der Waals surface area contributed by atoms with Gasteiger partial charge in [0.15, 0.2) is 0 Å². The molecule has 19 heavy (non-hydrogen) atoms. The monoisotopic (exact) mass is 298 g/mol. The molecule has 0 amide bonds. The second-order valence-electron chi connectivity index (χ2n) is 6.44. The largest absolute Gasteiger partial charge is 0.233 e. The summed E-state index contributed by atoms with van der Waals surface area (Å²) < 4.78 is 22.4. The van der Waals surface area contributed by atoms with Crippen molar-refractivity contribution < 1.29 is 8.42 Å². The predicted molar refractivity (Wildman–Crippen MR) is 78.0 cm³/mol. The first-order valence-corrected chi connectivity index (χ1v) is 9.36. The molecule has 0 unspecified atom stereocenters. The first-order chi connectivity index (χ1) is 8.87. The minimum absolute atomic E-state index is 0.0112. The molecule has 0 atom stereocenters. The van der Waals surface area contributed by atoms with E-state index in [2.05, 4.69) is 31.2 Å². The Hall–Kier alpha value is -0.540. The molecular formula is C15H19ClO2S. The second kappa shape index (κ2) is 4.23. The SMILES string of the molecule is CCCc1ccc(C23CC(CS(=O)(=O)Cl)(C2)C3)cc1. The third kappa shape index (κ3) is 2.31. The molecule has 2 nitrogen and oxygen atoms in total. The summed E-state index contributed by atoms with van der Waals surface area (Å²) in [5, 5.41) is 0. The van der Waals surface area contributed by atoms with E-state index < -0.39 is 9.05 Å². The van der Waals surface area contributed by atoms with E-state index in [9.17, 15) is 8.42 Å². The van der Waals surface area contributed by atoms with Crippen LogP contribution in [0.4, 0.5) is 0 Å². The van der Waals surface area contributed by atoms with Gasteiger partial charge in [0.1, 0.15) is 0 Å². The molecular weight excluding hydrogens is 280 g/mol. The summed E-state index contributed by atoms with van der Waals surface area (Å²) in [6.07, 6.45) is 5.25. The van der Waals surface area contributed by atoms with Crippen molar-refractivity contribution in [1.29, 1.82) is 0 Å². The molecule has 0 aliphatic heterocycles. The van der Waals surface area contributed by atoms with Crippen LogP contribution in [0.1, 0.15) is 43.7 Å². The molecule has 0 heterocycles. The van der Waals surface area contributed by atoms with Gasteiger partial charge < -0.3 is 0 Å². The number of rotatable bonds is 5. The van der Waals surface area contributed by atoms with Crippen LogP contribution in [0.25, 0.3) is 0 Å². The van der Waals surface area contributed by atoms with Crippen LogP contribution in [0.2, 0.25) is 0 Å². The highest BCUT2D eigenvalue weighted by atomic mass is 35.7. The van der Waals surface area contributed by atoms with Crippen LogP contribution in [0.15, 0.2) is 24.3 Å². The van der Waals surface area contributed by atoms with Crippen molar-refractivity contribution in [2.24, 2.45) is 5.41 Å². The zero-order chi connectivity index (χ0) is 13.7. The summed E-state index contributed by atoms with van der Waals surface area (Å²) in [6, 6.07) is 8.88. The molecule has 0 N–H and O–H groups in total. The molecule has 2 bridgehead atoms. The third-order valence-corrected chi connectivity index (χ3v) is 6.01. The Kier molecular flexibility index (Phi) is 2.99. The highest BCUT2D eigenvalue weighted by molar-refractivity contribution is 8.13. The van der Waals surface area contributed by atoms with Crippen molar-refractivity contribution in [3.63, 3.8) is 0 Å². The van der Waals surface area contributed by atoms with E-state index in [0.717, 1.165) is 25.7 Å². The molecule has 0 radical (unpaired) electrons. The van der Waals surface area contributed by atoms with Crippen LogP contribution >= 0.6 is 10.7 Å². The lowest BCUT2D eigenvalue weighted by molar-refractivity contribution is -0.122. The van der Waals surface area contributed by atoms with Gasteiger partial charge in [0.2, 0.25) is 9.05 Å². The highest BCUT2D eigenvalue weighted by Gasteiger charge is 2.68. The van der Waals surface area contributed by atoms with Crippen molar-refractivity contribution in [3.8, 4) is 0 Å². The Morgan fingerprint density at radius 1 is 1.16 bits per heavy atom. The maximum atomic E-state index is 11.2. The second-order valence-corrected chi connectivity index (χ2v) is 9.22. The van der Waals surface area contributed by atoms with E-state index in [1.54, 1.807) is 0 Å². The van der Waals surface area contributed by atoms with Crippen LogP contribution in [0, 0.1) is 5.41 Å². The average Bonchev–Trinajstić information content (AvgIpc) is 2.22. The molecule has 3 aliphatic carbocycles. The van der Waals surface area contributed by atoms with Gasteiger partial charge >= 0.3 is 0 Å². The lowest BCUT2D eigenvalue weighted by Gasteiger charge is -2.71. The highest BCUT2D eigenvalue weighted by Crippen LogP contribution is 2.74. The van der Waals surface area contributed by atoms with Gasteiger partial charge in [-0.15, -0.1) is 0 Å². The molecule has 4 heteroatoms. The Bertz CT molecular complexity index is 569. The molecule has 0 aromatic heterocycles. The van der Waals surface area contributed by atoms with Crippen molar-refractivity contribution in [2.45, 2.75) is 44.4 Å². The van der Waals surface area contributed by atoms with Gasteiger partial charge in [-0.2, -0.15) is 0 Å². The molecule has 0 saturated heterocycles. The van der Waals surface area contributed by atoms with E-state index in [-0.39, 0.29) is 16.6 Å². The van der Waals surface area contributed by atoms with Gasteiger partial charge in [0.05, 0.1) is 5.75 Å². The summed E-state index contributed by atoms with van der Waals surface area (Å²) in [4.78, 5) is 0. The van der Waals surface area contributed by atoms with Gasteiger partial charge in [0.25, 0.3) is 0 Å². The first kappa shape index (κ1) is 13.4. The molecule has 3 saturated carbocycles. The zero-order valence-corrected chi connectivity index (χ0v) is 12.7. The summed E-state index contributed by atoms with van der Waals surface area (Å²) in [6.45, 7) is 2.19. The summed E-state index contributed by atoms with van der Waals surface area (Å²) in [7, 11) is 2.02. The average molecular weight is 299 g/mol. The maximum absolute atomic E-state index is 11.2. The van der Waals surface area contributed by atoms with E-state index in [1.165, 1.54) is 17.5 Å². The molecule has 0 spiro atoms. The smallest absolute Gasteiger partial charge is 0.212 e. The predicted octanol–water partition coefficient (Wildman–Crippen LogP) is 3.63. The lowest BCUT2D eigenvalue weighted by atomic mass is 9.34. The first-order valence-electron chi connectivity index (χ1n) is 6.88. The summed E-state index contributed by atoms with van der Waals surface area (Å²) >= 11 is 0. The fourth-order valence-electron chi connectivity index (χ4n) is 4.14. The molecule has 4 rings (SSSR count). The molecule has 1 aromatic carbocycles. The molecule has 1 aromatic rings. The Morgan fingerprint density at radius 3 is 2.21 bits per heavy atom. The van der Waals surface area contributed by atoms with Gasteiger partial charge in [-0.3, -0.25) is 0 Å². The van der Waals surface area contributed by atoms with Crippen LogP contribution < -0.4 is 0 Å². The Balaban J connectivity index is 1.68. The van der Waals surface area contributed by atoms with E-state index in [4.69, 9.17) is 10.7 Å². The number of aryl methyl sites for hydroxylation is 1. The lowest BCUT2D eigenvalue weighted by Crippen LogP contribution is -2.66. The number of hydrogen-bond donors (Lipinski definition) is 0. The maximum Gasteiger partial charge on any atom is 0.233 e. The van der Waals surface area contributed by atoms with Gasteiger partial charge in [-0.1, -0.05) is 37.6 Å². The number of benzene rings is 1. The fraction of sp³-hybridized carbons (Fsp3) is 0.600. The summed E-state index contributed by atoms with van der Waals surface area (Å²) in [5.41, 5.74) is 3.01. The Labute approximate surface area is 119 Å². The number of hydrogen-bond acceptors (Lipinski definition) is 2. The minimum Gasteiger partial charge on any atom is -0.212 e. The summed E-state index contributed by atoms with van der Waals surface area (Å²) in [5.74, 6) is 0.150. The third-order valence-electron chi connectivity index (χ3n) is 4.72. The van der Waals surface area contributed by atoms with Crippen molar-refractivity contribution in [2.75, 3.05) is 5.75 Å². The van der Waals surface area contributed by atoms with E-state index >= 15 is 0 Å². The molecule has 3 aliphatic rings. The van der Waals surface area contributed by atoms with Gasteiger partial charge in [-0.05, 0) is 47.6 Å². The van der Waals surface area contributed by atoms with Crippen LogP contribution in [-0.2, 0) is 20.9 Å². The van der Waals surface area contributed by atoms with Crippen molar-refractivity contribution >= 4 is 19.7 Å². The topological polar surface area (TPSA) is 34.1 Å².